The maximum absolute atomic E-state index is 12.5. The van der Waals surface area contributed by atoms with Gasteiger partial charge >= 0.3 is 0 Å². The zero-order valence-corrected chi connectivity index (χ0v) is 12.6. The summed E-state index contributed by atoms with van der Waals surface area (Å²) in [4.78, 5) is 14.6. The quantitative estimate of drug-likeness (QED) is 0.901. The van der Waals surface area contributed by atoms with E-state index in [0.717, 1.165) is 31.6 Å². The molecule has 1 aromatic rings. The average Bonchev–Trinajstić information content (AvgIpc) is 3.09. The zero-order chi connectivity index (χ0) is 14.8. The van der Waals surface area contributed by atoms with Crippen LogP contribution in [0.15, 0.2) is 18.2 Å². The second-order valence-electron chi connectivity index (χ2n) is 5.73. The van der Waals surface area contributed by atoms with Crippen molar-refractivity contribution in [1.82, 2.24) is 10.2 Å². The van der Waals surface area contributed by atoms with Crippen LogP contribution in [0.1, 0.15) is 12.0 Å². The van der Waals surface area contributed by atoms with Gasteiger partial charge in [0.25, 0.3) is 0 Å². The number of carbonyl (C=O) groups is 1. The van der Waals surface area contributed by atoms with E-state index in [0.29, 0.717) is 29.9 Å². The van der Waals surface area contributed by atoms with Crippen LogP contribution in [0.5, 0.6) is 11.5 Å². The molecule has 0 bridgehead atoms. The molecule has 2 fully saturated rings. The summed E-state index contributed by atoms with van der Waals surface area (Å²) in [6.45, 7) is 2.87. The van der Waals surface area contributed by atoms with E-state index >= 15 is 0 Å². The first-order valence-corrected chi connectivity index (χ1v) is 7.44. The number of hydrogen-bond donors (Lipinski definition) is 1. The van der Waals surface area contributed by atoms with Crippen LogP contribution >= 0.6 is 0 Å². The molecule has 3 rings (SSSR count). The van der Waals surface area contributed by atoms with Crippen LogP contribution in [0.25, 0.3) is 0 Å². The van der Waals surface area contributed by atoms with Gasteiger partial charge in [0, 0.05) is 25.7 Å². The third-order valence-corrected chi connectivity index (χ3v) is 4.57. The second kappa shape index (κ2) is 5.93. The van der Waals surface area contributed by atoms with Crippen molar-refractivity contribution in [2.75, 3.05) is 33.9 Å². The Kier molecular flexibility index (Phi) is 4.01. The molecule has 0 aliphatic carbocycles. The summed E-state index contributed by atoms with van der Waals surface area (Å²) < 4.78 is 10.5. The van der Waals surface area contributed by atoms with Gasteiger partial charge in [-0.15, -0.1) is 0 Å². The van der Waals surface area contributed by atoms with Gasteiger partial charge in [0.2, 0.25) is 5.91 Å². The van der Waals surface area contributed by atoms with Crippen molar-refractivity contribution in [3.05, 3.63) is 23.8 Å². The minimum absolute atomic E-state index is 0.207. The Morgan fingerprint density at radius 1 is 1.29 bits per heavy atom. The van der Waals surface area contributed by atoms with E-state index in [9.17, 15) is 4.79 Å². The van der Waals surface area contributed by atoms with Gasteiger partial charge in [-0.3, -0.25) is 4.79 Å². The molecule has 2 saturated heterocycles. The maximum atomic E-state index is 12.5. The highest BCUT2D eigenvalue weighted by atomic mass is 16.5. The molecule has 0 spiro atoms. The molecule has 0 aromatic heterocycles. The predicted octanol–water partition coefficient (Wildman–Crippen LogP) is 1.07. The standard InChI is InChI=1S/C16H22N2O3/c1-20-14-4-3-11(7-15(14)21-2)8-16(19)18-6-5-12-9-17-10-13(12)18/h3-4,7,12-13,17H,5-6,8-10H2,1-2H3/t12-,13+/m0/s1. The van der Waals surface area contributed by atoms with Crippen molar-refractivity contribution in [2.24, 2.45) is 5.92 Å². The molecule has 0 radical (unpaired) electrons. The molecule has 2 aliphatic heterocycles. The number of methoxy groups -OCH3 is 2. The molecule has 1 amide bonds. The average molecular weight is 290 g/mol. The number of rotatable bonds is 4. The first-order chi connectivity index (χ1) is 10.2. The largest absolute Gasteiger partial charge is 0.493 e. The number of nitrogens with zero attached hydrogens (tertiary/aromatic N) is 1. The molecule has 5 nitrogen and oxygen atoms in total. The minimum Gasteiger partial charge on any atom is -0.493 e. The molecule has 1 N–H and O–H groups in total. The molecule has 21 heavy (non-hydrogen) atoms. The topological polar surface area (TPSA) is 50.8 Å². The summed E-state index contributed by atoms with van der Waals surface area (Å²) >= 11 is 0. The summed E-state index contributed by atoms with van der Waals surface area (Å²) in [5.74, 6) is 2.21. The first-order valence-electron chi connectivity index (χ1n) is 7.44. The second-order valence-corrected chi connectivity index (χ2v) is 5.73. The Hall–Kier alpha value is -1.75. The smallest absolute Gasteiger partial charge is 0.227 e. The lowest BCUT2D eigenvalue weighted by Gasteiger charge is -2.23. The Balaban J connectivity index is 1.70. The van der Waals surface area contributed by atoms with Gasteiger partial charge < -0.3 is 19.7 Å². The van der Waals surface area contributed by atoms with Gasteiger partial charge in [-0.2, -0.15) is 0 Å². The van der Waals surface area contributed by atoms with E-state index < -0.39 is 0 Å². The van der Waals surface area contributed by atoms with E-state index in [1.807, 2.05) is 23.1 Å². The molecule has 0 saturated carbocycles. The van der Waals surface area contributed by atoms with Crippen LogP contribution in [-0.2, 0) is 11.2 Å². The third kappa shape index (κ3) is 2.70. The zero-order valence-electron chi connectivity index (χ0n) is 12.6. The fourth-order valence-corrected chi connectivity index (χ4v) is 3.43. The van der Waals surface area contributed by atoms with Gasteiger partial charge in [0.15, 0.2) is 11.5 Å². The molecular weight excluding hydrogens is 268 g/mol. The number of likely N-dealkylation sites (tertiary alicyclic amines) is 1. The van der Waals surface area contributed by atoms with E-state index in [4.69, 9.17) is 9.47 Å². The monoisotopic (exact) mass is 290 g/mol. The summed E-state index contributed by atoms with van der Waals surface area (Å²) in [5.41, 5.74) is 0.965. The third-order valence-electron chi connectivity index (χ3n) is 4.57. The van der Waals surface area contributed by atoms with Crippen molar-refractivity contribution in [3.63, 3.8) is 0 Å². The number of amides is 1. The minimum atomic E-state index is 0.207. The van der Waals surface area contributed by atoms with Gasteiger partial charge in [-0.25, -0.2) is 0 Å². The summed E-state index contributed by atoms with van der Waals surface area (Å²) in [6.07, 6.45) is 1.54. The fraction of sp³-hybridized carbons (Fsp3) is 0.562. The van der Waals surface area contributed by atoms with Crippen molar-refractivity contribution < 1.29 is 14.3 Å². The van der Waals surface area contributed by atoms with Crippen molar-refractivity contribution >= 4 is 5.91 Å². The van der Waals surface area contributed by atoms with Gasteiger partial charge in [-0.05, 0) is 30.0 Å². The molecule has 114 valence electrons. The fourth-order valence-electron chi connectivity index (χ4n) is 3.43. The molecule has 5 heteroatoms. The number of fused-ring (bicyclic) bond motifs is 1. The van der Waals surface area contributed by atoms with E-state index in [2.05, 4.69) is 5.32 Å². The van der Waals surface area contributed by atoms with Gasteiger partial charge in [0.1, 0.15) is 0 Å². The van der Waals surface area contributed by atoms with Crippen LogP contribution in [0.4, 0.5) is 0 Å². The number of carbonyl (C=O) groups excluding carboxylic acids is 1. The number of benzene rings is 1. The van der Waals surface area contributed by atoms with Crippen LogP contribution in [-0.4, -0.2) is 50.7 Å². The molecule has 2 heterocycles. The number of ether oxygens (including phenoxy) is 2. The van der Waals surface area contributed by atoms with Gasteiger partial charge in [-0.1, -0.05) is 6.07 Å². The predicted molar refractivity (Wildman–Crippen MR) is 79.7 cm³/mol. The van der Waals surface area contributed by atoms with E-state index in [1.165, 1.54) is 0 Å². The Morgan fingerprint density at radius 2 is 2.10 bits per heavy atom. The summed E-state index contributed by atoms with van der Waals surface area (Å²) in [7, 11) is 3.22. The highest BCUT2D eigenvalue weighted by molar-refractivity contribution is 5.79. The summed E-state index contributed by atoms with van der Waals surface area (Å²) in [5, 5.41) is 3.38. The van der Waals surface area contributed by atoms with Crippen molar-refractivity contribution in [1.29, 1.82) is 0 Å². The summed E-state index contributed by atoms with van der Waals surface area (Å²) in [6, 6.07) is 6.06. The number of nitrogens with one attached hydrogen (secondary N) is 1. The lowest BCUT2D eigenvalue weighted by Crippen LogP contribution is -2.39. The van der Waals surface area contributed by atoms with E-state index in [-0.39, 0.29) is 5.91 Å². The maximum Gasteiger partial charge on any atom is 0.227 e. The Labute approximate surface area is 125 Å². The highest BCUT2D eigenvalue weighted by Crippen LogP contribution is 2.30. The highest BCUT2D eigenvalue weighted by Gasteiger charge is 2.39. The van der Waals surface area contributed by atoms with Crippen molar-refractivity contribution in [3.8, 4) is 11.5 Å². The van der Waals surface area contributed by atoms with Crippen LogP contribution in [0.3, 0.4) is 0 Å². The Morgan fingerprint density at radius 3 is 2.86 bits per heavy atom. The van der Waals surface area contributed by atoms with Crippen molar-refractivity contribution in [2.45, 2.75) is 18.9 Å². The molecule has 1 aromatic carbocycles. The van der Waals surface area contributed by atoms with Crippen LogP contribution < -0.4 is 14.8 Å². The normalized spacial score (nSPS) is 24.0. The molecule has 2 atom stereocenters. The first kappa shape index (κ1) is 14.2. The lowest BCUT2D eigenvalue weighted by molar-refractivity contribution is -0.131. The lowest BCUT2D eigenvalue weighted by atomic mass is 10.0. The number of hydrogen-bond acceptors (Lipinski definition) is 4. The van der Waals surface area contributed by atoms with E-state index in [1.54, 1.807) is 14.2 Å². The Bertz CT molecular complexity index is 532. The van der Waals surface area contributed by atoms with Crippen LogP contribution in [0, 0.1) is 5.92 Å². The van der Waals surface area contributed by atoms with Crippen LogP contribution in [0.2, 0.25) is 0 Å². The molecule has 0 unspecified atom stereocenters. The van der Waals surface area contributed by atoms with Gasteiger partial charge in [0.05, 0.1) is 20.6 Å². The molecular formula is C16H22N2O3. The SMILES string of the molecule is COc1ccc(CC(=O)N2CC[C@H]3CNC[C@H]32)cc1OC. The molecule has 2 aliphatic rings.